The third-order valence-corrected chi connectivity index (χ3v) is 13.3. The normalized spacial score (nSPS) is 17.4. The maximum Gasteiger partial charge on any atom is -0.0105 e. The van der Waals surface area contributed by atoms with Gasteiger partial charge in [-0.05, 0) is 140 Å². The molecule has 0 N–H and O–H groups in total. The van der Waals surface area contributed by atoms with Gasteiger partial charge in [0.05, 0.1) is 0 Å². The zero-order valence-corrected chi connectivity index (χ0v) is 40.9. The van der Waals surface area contributed by atoms with Crippen LogP contribution in [0.5, 0.6) is 0 Å². The minimum absolute atomic E-state index is 0.166. The standard InChI is InChI=1S/C35H44.C17H20.C6H14.C2H6/c1-10-24-22-23(3)29(11-2)33-31(26-14-18-28(19-15-26)35(7,8)9)21-20-30(32(24)33)25-12-16-27(17-13-25)34(4,5)6;1-12-10-11-16(14-6-5-7-14)17-9-4-3-8-15(17)13(12)2;1-3-5-6-4-2;1-2/h12-21,23H,10-11,22H2,1-9H3;3-4,8-9,12H,2,5-7,10-11H2,1H3;3-6H2,1-2H3;1-2H3. The molecule has 1 saturated carbocycles. The molecule has 2 unspecified atom stereocenters. The van der Waals surface area contributed by atoms with Crippen molar-refractivity contribution in [3.8, 4) is 22.3 Å². The molecule has 0 spiro atoms. The summed E-state index contributed by atoms with van der Waals surface area (Å²) in [5.41, 5.74) is 19.3. The minimum Gasteiger partial charge on any atom is -0.0949 e. The van der Waals surface area contributed by atoms with Gasteiger partial charge in [0.2, 0.25) is 0 Å². The van der Waals surface area contributed by atoms with Crippen molar-refractivity contribution in [2.75, 3.05) is 0 Å². The van der Waals surface area contributed by atoms with E-state index in [4.69, 9.17) is 0 Å². The van der Waals surface area contributed by atoms with Gasteiger partial charge in [0, 0.05) is 0 Å². The van der Waals surface area contributed by atoms with Crippen LogP contribution in [0.3, 0.4) is 0 Å². The molecule has 0 saturated heterocycles. The predicted molar refractivity (Wildman–Crippen MR) is 271 cm³/mol. The van der Waals surface area contributed by atoms with E-state index in [9.17, 15) is 0 Å². The zero-order chi connectivity index (χ0) is 44.2. The summed E-state index contributed by atoms with van der Waals surface area (Å²) in [6.45, 7) is 35.9. The molecule has 3 aliphatic carbocycles. The van der Waals surface area contributed by atoms with E-state index in [1.165, 1.54) is 125 Å². The summed E-state index contributed by atoms with van der Waals surface area (Å²) >= 11 is 0. The first-order valence-electron chi connectivity index (χ1n) is 24.2. The van der Waals surface area contributed by atoms with E-state index >= 15 is 0 Å². The van der Waals surface area contributed by atoms with Gasteiger partial charge in [0.15, 0.2) is 0 Å². The number of benzene rings is 4. The monoisotopic (exact) mass is 805 g/mol. The molecule has 0 heteroatoms. The molecule has 0 aliphatic heterocycles. The molecule has 3 aliphatic rings. The maximum absolute atomic E-state index is 4.31. The second-order valence-corrected chi connectivity index (χ2v) is 19.7. The molecule has 60 heavy (non-hydrogen) atoms. The Kier molecular flexibility index (Phi) is 18.1. The van der Waals surface area contributed by atoms with Crippen molar-refractivity contribution in [3.63, 3.8) is 0 Å². The first-order chi connectivity index (χ1) is 28.6. The first kappa shape index (κ1) is 48.8. The van der Waals surface area contributed by atoms with Crippen LogP contribution in [0.25, 0.3) is 44.5 Å². The van der Waals surface area contributed by atoms with E-state index in [1.807, 2.05) is 13.8 Å². The van der Waals surface area contributed by atoms with Crippen molar-refractivity contribution in [1.29, 1.82) is 0 Å². The van der Waals surface area contributed by atoms with Gasteiger partial charge in [-0.1, -0.05) is 231 Å². The molecule has 4 aromatic carbocycles. The molecule has 2 atom stereocenters. The van der Waals surface area contributed by atoms with E-state index in [0.29, 0.717) is 11.8 Å². The quantitative estimate of drug-likeness (QED) is 0.129. The molecule has 7 rings (SSSR count). The summed E-state index contributed by atoms with van der Waals surface area (Å²) in [5.74, 6) is 1.21. The molecule has 0 radical (unpaired) electrons. The van der Waals surface area contributed by atoms with Gasteiger partial charge in [-0.2, -0.15) is 0 Å². The van der Waals surface area contributed by atoms with E-state index in [2.05, 4.69) is 175 Å². The fourth-order valence-electron chi connectivity index (χ4n) is 9.26. The summed E-state index contributed by atoms with van der Waals surface area (Å²) in [4.78, 5) is 0. The van der Waals surface area contributed by atoms with Crippen LogP contribution < -0.4 is 10.4 Å². The van der Waals surface area contributed by atoms with Gasteiger partial charge < -0.3 is 0 Å². The van der Waals surface area contributed by atoms with Gasteiger partial charge in [-0.15, -0.1) is 0 Å². The molecule has 324 valence electrons. The van der Waals surface area contributed by atoms with E-state index in [1.54, 1.807) is 22.3 Å². The Morgan fingerprint density at radius 3 is 1.45 bits per heavy atom. The molecule has 0 heterocycles. The van der Waals surface area contributed by atoms with Gasteiger partial charge in [-0.3, -0.25) is 0 Å². The van der Waals surface area contributed by atoms with Gasteiger partial charge in [-0.25, -0.2) is 0 Å². The van der Waals surface area contributed by atoms with Crippen molar-refractivity contribution < 1.29 is 0 Å². The van der Waals surface area contributed by atoms with Crippen molar-refractivity contribution in [3.05, 3.63) is 130 Å². The highest BCUT2D eigenvalue weighted by atomic mass is 14.3. The number of hydrogen-bond donors (Lipinski definition) is 0. The van der Waals surface area contributed by atoms with Crippen LogP contribution in [0.2, 0.25) is 0 Å². The number of fused-ring (bicyclic) bond motifs is 2. The highest BCUT2D eigenvalue weighted by Gasteiger charge is 2.25. The lowest BCUT2D eigenvalue weighted by Gasteiger charge is -2.26. The third-order valence-electron chi connectivity index (χ3n) is 13.3. The van der Waals surface area contributed by atoms with Crippen molar-refractivity contribution >= 4 is 22.3 Å². The van der Waals surface area contributed by atoms with Gasteiger partial charge in [0.25, 0.3) is 0 Å². The van der Waals surface area contributed by atoms with Crippen molar-refractivity contribution in [2.24, 2.45) is 11.8 Å². The molecule has 0 aromatic heterocycles. The average Bonchev–Trinajstić information content (AvgIpc) is 3.34. The smallest absolute Gasteiger partial charge is 0.0105 e. The van der Waals surface area contributed by atoms with Crippen LogP contribution in [0.4, 0.5) is 0 Å². The van der Waals surface area contributed by atoms with Crippen LogP contribution in [0, 0.1) is 11.8 Å². The Morgan fingerprint density at radius 1 is 0.550 bits per heavy atom. The Hall–Kier alpha value is -3.90. The number of hydrogen-bond acceptors (Lipinski definition) is 0. The van der Waals surface area contributed by atoms with E-state index < -0.39 is 0 Å². The zero-order valence-electron chi connectivity index (χ0n) is 40.9. The Balaban J connectivity index is 0.000000261. The highest BCUT2D eigenvalue weighted by molar-refractivity contribution is 5.83. The second-order valence-electron chi connectivity index (χ2n) is 19.7. The Labute approximate surface area is 369 Å². The second kappa shape index (κ2) is 22.3. The Morgan fingerprint density at radius 2 is 1.03 bits per heavy atom. The minimum atomic E-state index is 0.166. The fourth-order valence-corrected chi connectivity index (χ4v) is 9.26. The molecule has 0 nitrogen and oxygen atoms in total. The Bertz CT molecular complexity index is 2140. The molecular formula is C60H84. The van der Waals surface area contributed by atoms with Crippen LogP contribution in [-0.4, -0.2) is 0 Å². The molecular weight excluding hydrogens is 721 g/mol. The van der Waals surface area contributed by atoms with Crippen molar-refractivity contribution in [2.45, 2.75) is 185 Å². The van der Waals surface area contributed by atoms with Gasteiger partial charge >= 0.3 is 0 Å². The summed E-state index contributed by atoms with van der Waals surface area (Å²) in [5, 5.41) is 3.01. The highest BCUT2D eigenvalue weighted by Crippen LogP contribution is 2.43. The SMILES string of the molecule is C=C1c2ccccc2C(=C2CCC2)CCC1C.CC.CCC1=c2c(-c3ccc(C(C)(C)C)cc3)ccc(-c3ccc(C(C)(C)C)cc3)c2=C(CC)C(C)C1.CCCCCC. The summed E-state index contributed by atoms with van der Waals surface area (Å²) in [7, 11) is 0. The average molecular weight is 805 g/mol. The van der Waals surface area contributed by atoms with E-state index in [-0.39, 0.29) is 10.8 Å². The molecule has 1 fully saturated rings. The van der Waals surface area contributed by atoms with Crippen LogP contribution in [-0.2, 0) is 10.8 Å². The van der Waals surface area contributed by atoms with Crippen LogP contribution in [0.1, 0.15) is 196 Å². The van der Waals surface area contributed by atoms with Crippen LogP contribution >= 0.6 is 0 Å². The van der Waals surface area contributed by atoms with Gasteiger partial charge in [0.1, 0.15) is 0 Å². The van der Waals surface area contributed by atoms with E-state index in [0.717, 1.165) is 12.8 Å². The lowest BCUT2D eigenvalue weighted by molar-refractivity contribution is 0.590. The summed E-state index contributed by atoms with van der Waals surface area (Å²) in [6, 6.07) is 32.3. The summed E-state index contributed by atoms with van der Waals surface area (Å²) in [6.07, 6.45) is 15.4. The number of unbranched alkanes of at least 4 members (excludes halogenated alkanes) is 3. The summed E-state index contributed by atoms with van der Waals surface area (Å²) < 4.78 is 0. The lowest BCUT2D eigenvalue weighted by atomic mass is 9.78. The number of rotatable bonds is 7. The molecule has 0 amide bonds. The first-order valence-corrected chi connectivity index (χ1v) is 24.2. The van der Waals surface area contributed by atoms with Crippen LogP contribution in [0.15, 0.2) is 97.1 Å². The molecule has 0 bridgehead atoms. The topological polar surface area (TPSA) is 0 Å². The lowest BCUT2D eigenvalue weighted by Crippen LogP contribution is -2.38. The number of allylic oxidation sites excluding steroid dienone is 3. The van der Waals surface area contributed by atoms with Crippen molar-refractivity contribution in [1.82, 2.24) is 0 Å². The third kappa shape index (κ3) is 11.7. The molecule has 4 aromatic rings. The largest absolute Gasteiger partial charge is 0.0949 e. The predicted octanol–water partition coefficient (Wildman–Crippen LogP) is 17.5. The fraction of sp³-hybridized carbons (Fsp3) is 0.500. The maximum atomic E-state index is 4.31.